The van der Waals surface area contributed by atoms with Crippen LogP contribution < -0.4 is 0 Å². The number of H-pyrrole nitrogens is 1. The van der Waals surface area contributed by atoms with Crippen LogP contribution in [-0.4, -0.2) is 56.7 Å². The highest BCUT2D eigenvalue weighted by Crippen LogP contribution is 2.31. The highest BCUT2D eigenvalue weighted by molar-refractivity contribution is 7.89. The lowest BCUT2D eigenvalue weighted by molar-refractivity contribution is -0.142. The van der Waals surface area contributed by atoms with Gasteiger partial charge in [-0.25, -0.2) is 23.1 Å². The summed E-state index contributed by atoms with van der Waals surface area (Å²) in [5.41, 5.74) is 1.39. The van der Waals surface area contributed by atoms with E-state index >= 15 is 0 Å². The molecule has 1 saturated heterocycles. The molecule has 1 N–H and O–H groups in total. The zero-order chi connectivity index (χ0) is 20.1. The summed E-state index contributed by atoms with van der Waals surface area (Å²) in [6, 6.07) is 1.45. The zero-order valence-corrected chi connectivity index (χ0v) is 15.7. The molecule has 28 heavy (non-hydrogen) atoms. The van der Waals surface area contributed by atoms with Gasteiger partial charge in [0.05, 0.1) is 0 Å². The van der Waals surface area contributed by atoms with Gasteiger partial charge in [0, 0.05) is 30.2 Å². The largest absolute Gasteiger partial charge is 0.408 e. The molecule has 150 valence electrons. The highest BCUT2D eigenvalue weighted by atomic mass is 32.2. The van der Waals surface area contributed by atoms with Crippen molar-refractivity contribution in [2.75, 3.05) is 13.1 Å². The Morgan fingerprint density at radius 2 is 1.93 bits per heavy atom. The molecule has 4 rings (SSSR count). The number of sulfonamides is 1. The van der Waals surface area contributed by atoms with Gasteiger partial charge >= 0.3 is 6.18 Å². The summed E-state index contributed by atoms with van der Waals surface area (Å²) < 4.78 is 65.5. The van der Waals surface area contributed by atoms with Gasteiger partial charge in [-0.05, 0) is 31.4 Å². The summed E-state index contributed by atoms with van der Waals surface area (Å²) in [6.07, 6.45) is -0.294. The van der Waals surface area contributed by atoms with Gasteiger partial charge < -0.3 is 4.98 Å². The van der Waals surface area contributed by atoms with Crippen LogP contribution in [0.2, 0.25) is 0 Å². The van der Waals surface area contributed by atoms with Crippen molar-refractivity contribution in [3.05, 3.63) is 24.2 Å². The van der Waals surface area contributed by atoms with Crippen molar-refractivity contribution in [3.8, 4) is 11.4 Å². The third kappa shape index (κ3) is 3.37. The van der Waals surface area contributed by atoms with Crippen molar-refractivity contribution in [3.63, 3.8) is 0 Å². The van der Waals surface area contributed by atoms with Crippen LogP contribution >= 0.6 is 0 Å². The molecule has 3 aromatic heterocycles. The molecule has 0 saturated carbocycles. The van der Waals surface area contributed by atoms with Crippen LogP contribution in [-0.2, 0) is 16.6 Å². The average Bonchev–Trinajstić information content (AvgIpc) is 3.33. The molecular formula is C16H17F3N6O2S. The minimum Gasteiger partial charge on any atom is -0.329 e. The lowest BCUT2D eigenvalue weighted by Gasteiger charge is -2.13. The van der Waals surface area contributed by atoms with E-state index in [0.717, 1.165) is 19.2 Å². The molecule has 1 aliphatic heterocycles. The Kier molecular flexibility index (Phi) is 4.42. The summed E-state index contributed by atoms with van der Waals surface area (Å²) in [6.45, 7) is 1.38. The maximum absolute atomic E-state index is 12.8. The molecule has 0 radical (unpaired) electrons. The first-order valence-electron chi connectivity index (χ1n) is 8.60. The van der Waals surface area contributed by atoms with Gasteiger partial charge in [-0.15, -0.1) is 0 Å². The number of hydrogen-bond acceptors (Lipinski definition) is 5. The van der Waals surface area contributed by atoms with Gasteiger partial charge in [-0.1, -0.05) is 0 Å². The van der Waals surface area contributed by atoms with Gasteiger partial charge in [0.1, 0.15) is 23.5 Å². The van der Waals surface area contributed by atoms with Crippen molar-refractivity contribution < 1.29 is 21.6 Å². The molecule has 0 aromatic carbocycles. The zero-order valence-electron chi connectivity index (χ0n) is 14.9. The first-order valence-corrected chi connectivity index (χ1v) is 10.0. The van der Waals surface area contributed by atoms with Gasteiger partial charge in [0.2, 0.25) is 0 Å². The van der Waals surface area contributed by atoms with E-state index in [4.69, 9.17) is 0 Å². The second-order valence-electron chi connectivity index (χ2n) is 6.70. The van der Waals surface area contributed by atoms with Crippen LogP contribution in [0.5, 0.6) is 0 Å². The summed E-state index contributed by atoms with van der Waals surface area (Å²) in [5.74, 6) is 0.0817. The third-order valence-corrected chi connectivity index (χ3v) is 6.43. The van der Waals surface area contributed by atoms with E-state index < -0.39 is 22.7 Å². The maximum atomic E-state index is 12.8. The standard InChI is InChI=1S/C16H17F3N6O2S/c1-10-7-20-14-11(6-12(22-14)28(26,27)25-4-2-3-5-25)13(10)15-21-9-24(23-15)8-16(17,18)19/h6-7,9H,2-5,8H2,1H3,(H,20,22). The molecule has 3 aromatic rings. The summed E-state index contributed by atoms with van der Waals surface area (Å²) in [4.78, 5) is 11.0. The molecule has 0 amide bonds. The monoisotopic (exact) mass is 414 g/mol. The Bertz CT molecular complexity index is 1130. The number of aromatic amines is 1. The second kappa shape index (κ2) is 6.55. The van der Waals surface area contributed by atoms with E-state index in [2.05, 4.69) is 20.1 Å². The molecule has 0 unspecified atom stereocenters. The molecule has 0 atom stereocenters. The lowest BCUT2D eigenvalue weighted by Crippen LogP contribution is -2.28. The number of hydrogen-bond donors (Lipinski definition) is 1. The maximum Gasteiger partial charge on any atom is 0.408 e. The first-order chi connectivity index (χ1) is 13.1. The molecule has 0 bridgehead atoms. The molecule has 0 spiro atoms. The van der Waals surface area contributed by atoms with Gasteiger partial charge in [0.25, 0.3) is 10.0 Å². The number of nitrogens with one attached hydrogen (secondary N) is 1. The first kappa shape index (κ1) is 18.9. The van der Waals surface area contributed by atoms with E-state index in [9.17, 15) is 21.6 Å². The second-order valence-corrected chi connectivity index (χ2v) is 8.61. The number of nitrogens with zero attached hydrogens (tertiary/aromatic N) is 5. The lowest BCUT2D eigenvalue weighted by atomic mass is 10.1. The van der Waals surface area contributed by atoms with Gasteiger partial charge in [-0.3, -0.25) is 0 Å². The predicted molar refractivity (Wildman–Crippen MR) is 93.9 cm³/mol. The summed E-state index contributed by atoms with van der Waals surface area (Å²) in [5, 5.41) is 4.36. The molecule has 12 heteroatoms. The molecule has 0 aliphatic carbocycles. The van der Waals surface area contributed by atoms with Crippen molar-refractivity contribution >= 4 is 21.1 Å². The summed E-state index contributed by atoms with van der Waals surface area (Å²) in [7, 11) is -3.69. The number of halogens is 3. The van der Waals surface area contributed by atoms with Crippen molar-refractivity contribution in [2.45, 2.75) is 37.5 Å². The van der Waals surface area contributed by atoms with Crippen molar-refractivity contribution in [1.82, 2.24) is 29.0 Å². The highest BCUT2D eigenvalue weighted by Gasteiger charge is 2.31. The Morgan fingerprint density at radius 3 is 2.61 bits per heavy atom. The van der Waals surface area contributed by atoms with Gasteiger partial charge in [0.15, 0.2) is 5.82 Å². The molecule has 1 fully saturated rings. The topological polar surface area (TPSA) is 96.8 Å². The number of fused-ring (bicyclic) bond motifs is 1. The average molecular weight is 414 g/mol. The fourth-order valence-corrected chi connectivity index (χ4v) is 4.83. The SMILES string of the molecule is Cc1cnc2[nH]c(S(=O)(=O)N3CCCC3)cc2c1-c1ncn(CC(F)(F)F)n1. The van der Waals surface area contributed by atoms with E-state index in [1.165, 1.54) is 16.6 Å². The van der Waals surface area contributed by atoms with Crippen LogP contribution in [0.25, 0.3) is 22.4 Å². The van der Waals surface area contributed by atoms with Crippen LogP contribution in [0.1, 0.15) is 18.4 Å². The number of alkyl halides is 3. The Hall–Kier alpha value is -2.47. The number of aryl methyl sites for hydroxylation is 1. The van der Waals surface area contributed by atoms with Crippen molar-refractivity contribution in [2.24, 2.45) is 0 Å². The Morgan fingerprint density at radius 1 is 1.21 bits per heavy atom. The smallest absolute Gasteiger partial charge is 0.329 e. The molecule has 4 heterocycles. The fraction of sp³-hybridized carbons (Fsp3) is 0.438. The third-order valence-electron chi connectivity index (χ3n) is 4.61. The number of rotatable bonds is 4. The minimum atomic E-state index is -4.42. The van der Waals surface area contributed by atoms with E-state index in [1.807, 2.05) is 0 Å². The Balaban J connectivity index is 1.79. The van der Waals surface area contributed by atoms with Crippen molar-refractivity contribution in [1.29, 1.82) is 0 Å². The quantitative estimate of drug-likeness (QED) is 0.708. The van der Waals surface area contributed by atoms with Crippen LogP contribution in [0.3, 0.4) is 0 Å². The number of pyridine rings is 1. The molecular weight excluding hydrogens is 397 g/mol. The number of aromatic nitrogens is 5. The molecule has 8 nitrogen and oxygen atoms in total. The Labute approximate surface area is 158 Å². The minimum absolute atomic E-state index is 0.00141. The van der Waals surface area contributed by atoms with Crippen LogP contribution in [0, 0.1) is 6.92 Å². The van der Waals surface area contributed by atoms with E-state index in [1.54, 1.807) is 6.92 Å². The van der Waals surface area contributed by atoms with E-state index in [-0.39, 0.29) is 10.9 Å². The normalized spacial score (nSPS) is 16.3. The van der Waals surface area contributed by atoms with E-state index in [0.29, 0.717) is 39.9 Å². The molecule has 1 aliphatic rings. The van der Waals surface area contributed by atoms with Crippen LogP contribution in [0.4, 0.5) is 13.2 Å². The predicted octanol–water partition coefficient (Wildman–Crippen LogP) is 2.48. The summed E-state index contributed by atoms with van der Waals surface area (Å²) >= 11 is 0. The van der Waals surface area contributed by atoms with Crippen LogP contribution in [0.15, 0.2) is 23.6 Å². The fourth-order valence-electron chi connectivity index (χ4n) is 3.32. The van der Waals surface area contributed by atoms with Gasteiger partial charge in [-0.2, -0.15) is 22.6 Å².